The smallest absolute Gasteiger partial charge is 0.240 e. The van der Waals surface area contributed by atoms with Crippen LogP contribution in [0.4, 0.5) is 5.13 Å². The largest absolute Gasteiger partial charge is 0.359 e. The molecule has 0 bridgehead atoms. The van der Waals surface area contributed by atoms with Crippen molar-refractivity contribution in [2.24, 2.45) is 5.92 Å². The second-order valence-electron chi connectivity index (χ2n) is 4.55. The van der Waals surface area contributed by atoms with Crippen molar-refractivity contribution in [2.75, 3.05) is 32.0 Å². The number of carbonyl (C=O) groups excluding carboxylic acids is 2. The predicted octanol–water partition coefficient (Wildman–Crippen LogP) is 0.540. The number of nitrogens with one attached hydrogen (secondary N) is 2. The Kier molecular flexibility index (Phi) is 4.86. The summed E-state index contributed by atoms with van der Waals surface area (Å²) in [5.41, 5.74) is 0. The van der Waals surface area contributed by atoms with Crippen molar-refractivity contribution in [2.45, 2.75) is 12.8 Å². The lowest BCUT2D eigenvalue weighted by atomic mass is 9.96. The lowest BCUT2D eigenvalue weighted by Gasteiger charge is -2.30. The molecular formula is C12H18N4O2S. The fourth-order valence-corrected chi connectivity index (χ4v) is 2.75. The topological polar surface area (TPSA) is 74.3 Å². The van der Waals surface area contributed by atoms with Gasteiger partial charge >= 0.3 is 0 Å². The third-order valence-corrected chi connectivity index (χ3v) is 3.94. The Morgan fingerprint density at radius 3 is 2.79 bits per heavy atom. The number of hydrogen-bond donors (Lipinski definition) is 2. The number of aromatic nitrogens is 1. The van der Waals surface area contributed by atoms with E-state index < -0.39 is 0 Å². The van der Waals surface area contributed by atoms with Crippen LogP contribution in [0.15, 0.2) is 11.6 Å². The van der Waals surface area contributed by atoms with Gasteiger partial charge in [0.15, 0.2) is 5.13 Å². The first kappa shape index (κ1) is 14.0. The maximum Gasteiger partial charge on any atom is 0.240 e. The van der Waals surface area contributed by atoms with Crippen LogP contribution in [-0.2, 0) is 9.59 Å². The van der Waals surface area contributed by atoms with E-state index in [4.69, 9.17) is 0 Å². The highest BCUT2D eigenvalue weighted by Gasteiger charge is 2.25. The number of hydrogen-bond acceptors (Lipinski definition) is 5. The number of thiazole rings is 1. The molecule has 1 saturated heterocycles. The Labute approximate surface area is 116 Å². The first-order chi connectivity index (χ1) is 9.19. The van der Waals surface area contributed by atoms with Crippen molar-refractivity contribution in [3.63, 3.8) is 0 Å². The van der Waals surface area contributed by atoms with Crippen molar-refractivity contribution in [3.8, 4) is 0 Å². The average molecular weight is 282 g/mol. The van der Waals surface area contributed by atoms with Gasteiger partial charge in [-0.05, 0) is 25.9 Å². The Hall–Kier alpha value is -1.47. The molecule has 0 atom stereocenters. The first-order valence-corrected chi connectivity index (χ1v) is 7.20. The van der Waals surface area contributed by atoms with Crippen LogP contribution in [0.25, 0.3) is 0 Å². The standard InChI is InChI=1S/C12H18N4O2S/c1-13-11(18)9-2-5-16(6-3-9)8-10(17)15-12-14-4-7-19-12/h4,7,9H,2-3,5-6,8H2,1H3,(H,13,18)(H,14,15,17). The van der Waals surface area contributed by atoms with Crippen LogP contribution < -0.4 is 10.6 Å². The molecule has 0 aromatic carbocycles. The SMILES string of the molecule is CNC(=O)C1CCN(CC(=O)Nc2nccs2)CC1. The number of nitrogens with zero attached hydrogens (tertiary/aromatic N) is 2. The minimum Gasteiger partial charge on any atom is -0.359 e. The van der Waals surface area contributed by atoms with Gasteiger partial charge in [0.05, 0.1) is 6.54 Å². The fraction of sp³-hybridized carbons (Fsp3) is 0.583. The van der Waals surface area contributed by atoms with E-state index in [2.05, 4.69) is 20.5 Å². The van der Waals surface area contributed by atoms with E-state index in [1.165, 1.54) is 11.3 Å². The van der Waals surface area contributed by atoms with Gasteiger partial charge in [-0.2, -0.15) is 0 Å². The highest BCUT2D eigenvalue weighted by molar-refractivity contribution is 7.13. The zero-order valence-corrected chi connectivity index (χ0v) is 11.7. The lowest BCUT2D eigenvalue weighted by Crippen LogP contribution is -2.42. The number of anilines is 1. The summed E-state index contributed by atoms with van der Waals surface area (Å²) in [6, 6.07) is 0. The van der Waals surface area contributed by atoms with Crippen LogP contribution in [0.1, 0.15) is 12.8 Å². The van der Waals surface area contributed by atoms with E-state index in [9.17, 15) is 9.59 Å². The molecule has 2 rings (SSSR count). The number of amides is 2. The molecule has 0 unspecified atom stereocenters. The summed E-state index contributed by atoms with van der Waals surface area (Å²) in [5, 5.41) is 7.89. The molecule has 1 aliphatic heterocycles. The molecule has 104 valence electrons. The highest BCUT2D eigenvalue weighted by Crippen LogP contribution is 2.17. The van der Waals surface area contributed by atoms with E-state index in [1.54, 1.807) is 13.2 Å². The minimum atomic E-state index is -0.0478. The van der Waals surface area contributed by atoms with Gasteiger partial charge in [0.2, 0.25) is 11.8 Å². The van der Waals surface area contributed by atoms with Gasteiger partial charge in [-0.1, -0.05) is 0 Å². The van der Waals surface area contributed by atoms with Crippen molar-refractivity contribution in [1.29, 1.82) is 0 Å². The summed E-state index contributed by atoms with van der Waals surface area (Å²) >= 11 is 1.41. The maximum absolute atomic E-state index is 11.8. The number of rotatable bonds is 4. The summed E-state index contributed by atoms with van der Waals surface area (Å²) in [6.45, 7) is 1.92. The third kappa shape index (κ3) is 4.00. The second-order valence-corrected chi connectivity index (χ2v) is 5.44. The van der Waals surface area contributed by atoms with Gasteiger partial charge in [-0.15, -0.1) is 11.3 Å². The van der Waals surface area contributed by atoms with E-state index >= 15 is 0 Å². The Morgan fingerprint density at radius 1 is 1.47 bits per heavy atom. The Balaban J connectivity index is 1.73. The molecule has 19 heavy (non-hydrogen) atoms. The molecular weight excluding hydrogens is 264 g/mol. The highest BCUT2D eigenvalue weighted by atomic mass is 32.1. The molecule has 1 aliphatic rings. The molecule has 1 fully saturated rings. The number of likely N-dealkylation sites (tertiary alicyclic amines) is 1. The van der Waals surface area contributed by atoms with Crippen molar-refractivity contribution in [1.82, 2.24) is 15.2 Å². The van der Waals surface area contributed by atoms with Gasteiger partial charge in [0.25, 0.3) is 0 Å². The monoisotopic (exact) mass is 282 g/mol. The number of piperidine rings is 1. The van der Waals surface area contributed by atoms with E-state index in [1.807, 2.05) is 5.38 Å². The maximum atomic E-state index is 11.8. The molecule has 2 heterocycles. The summed E-state index contributed by atoms with van der Waals surface area (Å²) in [4.78, 5) is 29.4. The summed E-state index contributed by atoms with van der Waals surface area (Å²) in [6.07, 6.45) is 3.28. The first-order valence-electron chi connectivity index (χ1n) is 6.32. The zero-order valence-electron chi connectivity index (χ0n) is 10.9. The molecule has 0 radical (unpaired) electrons. The summed E-state index contributed by atoms with van der Waals surface area (Å²) in [5.74, 6) is 0.142. The second kappa shape index (κ2) is 6.63. The van der Waals surface area contributed by atoms with E-state index in [-0.39, 0.29) is 17.7 Å². The van der Waals surface area contributed by atoms with Crippen molar-refractivity contribution in [3.05, 3.63) is 11.6 Å². The lowest BCUT2D eigenvalue weighted by molar-refractivity contribution is -0.126. The predicted molar refractivity (Wildman–Crippen MR) is 74.0 cm³/mol. The van der Waals surface area contributed by atoms with E-state index in [0.29, 0.717) is 11.7 Å². The van der Waals surface area contributed by atoms with Crippen LogP contribution in [0.3, 0.4) is 0 Å². The minimum absolute atomic E-state index is 0.0478. The quantitative estimate of drug-likeness (QED) is 0.845. The van der Waals surface area contributed by atoms with Gasteiger partial charge in [-0.3, -0.25) is 14.5 Å². The average Bonchev–Trinajstić information content (AvgIpc) is 2.91. The molecule has 0 spiro atoms. The normalized spacial score (nSPS) is 17.1. The molecule has 7 heteroatoms. The van der Waals surface area contributed by atoms with Crippen molar-refractivity contribution >= 4 is 28.3 Å². The Bertz CT molecular complexity index is 427. The van der Waals surface area contributed by atoms with Gasteiger partial charge < -0.3 is 10.6 Å². The summed E-state index contributed by atoms with van der Waals surface area (Å²) in [7, 11) is 1.66. The molecule has 2 amide bonds. The van der Waals surface area contributed by atoms with Crippen LogP contribution in [-0.4, -0.2) is 48.4 Å². The van der Waals surface area contributed by atoms with Crippen LogP contribution in [0, 0.1) is 5.92 Å². The molecule has 0 saturated carbocycles. The molecule has 1 aromatic rings. The third-order valence-electron chi connectivity index (χ3n) is 3.25. The Morgan fingerprint density at radius 2 is 2.21 bits per heavy atom. The molecule has 0 aliphatic carbocycles. The zero-order chi connectivity index (χ0) is 13.7. The molecule has 6 nitrogen and oxygen atoms in total. The van der Waals surface area contributed by atoms with Crippen LogP contribution >= 0.6 is 11.3 Å². The fourth-order valence-electron chi connectivity index (χ4n) is 2.20. The molecule has 1 aromatic heterocycles. The van der Waals surface area contributed by atoms with Crippen molar-refractivity contribution < 1.29 is 9.59 Å². The van der Waals surface area contributed by atoms with E-state index in [0.717, 1.165) is 25.9 Å². The van der Waals surface area contributed by atoms with Gasteiger partial charge in [0.1, 0.15) is 0 Å². The summed E-state index contributed by atoms with van der Waals surface area (Å²) < 4.78 is 0. The molecule has 2 N–H and O–H groups in total. The number of carbonyl (C=O) groups is 2. The van der Waals surface area contributed by atoms with Crippen LogP contribution in [0.5, 0.6) is 0 Å². The van der Waals surface area contributed by atoms with Gasteiger partial charge in [-0.25, -0.2) is 4.98 Å². The van der Waals surface area contributed by atoms with Gasteiger partial charge in [0, 0.05) is 24.5 Å². The van der Waals surface area contributed by atoms with Crippen LogP contribution in [0.2, 0.25) is 0 Å².